The monoisotopic (exact) mass is 466 g/mol. The quantitative estimate of drug-likeness (QED) is 0.305. The van der Waals surface area contributed by atoms with E-state index in [9.17, 15) is 22.0 Å². The lowest BCUT2D eigenvalue weighted by Crippen LogP contribution is -2.25. The molecule has 0 spiro atoms. The maximum atomic E-state index is 14.5. The molecule has 2 saturated carbocycles. The maximum absolute atomic E-state index is 14.5. The van der Waals surface area contributed by atoms with Crippen LogP contribution in [-0.4, -0.2) is 0 Å². The van der Waals surface area contributed by atoms with E-state index >= 15 is 0 Å². The van der Waals surface area contributed by atoms with Crippen LogP contribution < -0.4 is 4.74 Å². The molecule has 0 saturated heterocycles. The Hall–Kier alpha value is -2.11. The van der Waals surface area contributed by atoms with Crippen LogP contribution in [0.5, 0.6) is 5.75 Å². The van der Waals surface area contributed by atoms with Crippen LogP contribution in [0.15, 0.2) is 36.4 Å². The van der Waals surface area contributed by atoms with Gasteiger partial charge in [-0.15, -0.1) is 0 Å². The van der Waals surface area contributed by atoms with Gasteiger partial charge in [0.2, 0.25) is 0 Å². The van der Waals surface area contributed by atoms with Gasteiger partial charge < -0.3 is 4.74 Å². The van der Waals surface area contributed by atoms with Crippen LogP contribution in [0.4, 0.5) is 22.0 Å². The van der Waals surface area contributed by atoms with Gasteiger partial charge in [-0.1, -0.05) is 38.3 Å². The first-order valence-corrected chi connectivity index (χ1v) is 12.1. The molecule has 2 aliphatic carbocycles. The maximum Gasteiger partial charge on any atom is 0.426 e. The number of ether oxygens (including phenoxy) is 1. The van der Waals surface area contributed by atoms with E-state index in [1.165, 1.54) is 57.1 Å². The average Bonchev–Trinajstić information content (AvgIpc) is 2.82. The molecule has 2 fully saturated rings. The average molecular weight is 467 g/mol. The Morgan fingerprint density at radius 1 is 0.788 bits per heavy atom. The van der Waals surface area contributed by atoms with Gasteiger partial charge in [0, 0.05) is 12.1 Å². The van der Waals surface area contributed by atoms with E-state index in [0.717, 1.165) is 36.2 Å². The molecule has 1 nitrogen and oxygen atoms in total. The molecule has 0 N–H and O–H groups in total. The van der Waals surface area contributed by atoms with Crippen molar-refractivity contribution in [3.63, 3.8) is 0 Å². The van der Waals surface area contributed by atoms with Crippen molar-refractivity contribution < 1.29 is 26.7 Å². The van der Waals surface area contributed by atoms with Gasteiger partial charge in [-0.05, 0) is 79.9 Å². The second-order valence-corrected chi connectivity index (χ2v) is 9.74. The summed E-state index contributed by atoms with van der Waals surface area (Å²) in [5.74, 6) is -2.77. The third kappa shape index (κ3) is 5.52. The van der Waals surface area contributed by atoms with Crippen LogP contribution in [0.25, 0.3) is 0 Å². The lowest BCUT2D eigenvalue weighted by molar-refractivity contribution is -0.185. The minimum absolute atomic E-state index is 0.358. The van der Waals surface area contributed by atoms with Crippen molar-refractivity contribution in [2.45, 2.75) is 76.7 Å². The number of halogens is 5. The topological polar surface area (TPSA) is 9.23 Å². The highest BCUT2D eigenvalue weighted by molar-refractivity contribution is 5.30. The van der Waals surface area contributed by atoms with Gasteiger partial charge in [0.1, 0.15) is 5.75 Å². The van der Waals surface area contributed by atoms with Gasteiger partial charge in [0.25, 0.3) is 0 Å². The molecule has 0 aromatic heterocycles. The van der Waals surface area contributed by atoms with Crippen LogP contribution >= 0.6 is 0 Å². The molecule has 33 heavy (non-hydrogen) atoms. The molecule has 0 heterocycles. The van der Waals surface area contributed by atoms with E-state index in [2.05, 4.69) is 11.7 Å². The fraction of sp³-hybridized carbons (Fsp3) is 0.556. The van der Waals surface area contributed by atoms with E-state index in [-0.39, 0.29) is 0 Å². The Kier molecular flexibility index (Phi) is 7.30. The van der Waals surface area contributed by atoms with Crippen LogP contribution in [0.1, 0.15) is 81.8 Å². The van der Waals surface area contributed by atoms with Gasteiger partial charge in [0.15, 0.2) is 17.5 Å². The fourth-order valence-corrected chi connectivity index (χ4v) is 5.74. The molecular formula is C27H31F5O. The highest BCUT2D eigenvalue weighted by Crippen LogP contribution is 2.44. The summed E-state index contributed by atoms with van der Waals surface area (Å²) in [5, 5.41) is 0. The number of benzene rings is 2. The molecule has 0 atom stereocenters. The predicted octanol–water partition coefficient (Wildman–Crippen LogP) is 8.72. The zero-order valence-corrected chi connectivity index (χ0v) is 18.9. The summed E-state index contributed by atoms with van der Waals surface area (Å²) < 4.78 is 73.3. The van der Waals surface area contributed by atoms with Gasteiger partial charge in [-0.3, -0.25) is 0 Å². The third-order valence-corrected chi connectivity index (χ3v) is 7.83. The summed E-state index contributed by atoms with van der Waals surface area (Å²) in [5.41, 5.74) is 0.610. The van der Waals surface area contributed by atoms with Gasteiger partial charge >= 0.3 is 6.11 Å². The number of alkyl halides is 2. The first-order chi connectivity index (χ1) is 15.8. The lowest BCUT2D eigenvalue weighted by atomic mass is 9.68. The van der Waals surface area contributed by atoms with E-state index in [0.29, 0.717) is 18.1 Å². The molecule has 0 aliphatic heterocycles. The van der Waals surface area contributed by atoms with Crippen LogP contribution in [0.2, 0.25) is 0 Å². The number of hydrogen-bond acceptors (Lipinski definition) is 1. The van der Waals surface area contributed by atoms with Crippen molar-refractivity contribution in [2.24, 2.45) is 17.8 Å². The van der Waals surface area contributed by atoms with E-state index in [1.807, 2.05) is 0 Å². The Balaban J connectivity index is 1.34. The molecule has 180 valence electrons. The lowest BCUT2D eigenvalue weighted by Gasteiger charge is -2.38. The van der Waals surface area contributed by atoms with Gasteiger partial charge in [0.05, 0.1) is 5.56 Å². The van der Waals surface area contributed by atoms with Crippen LogP contribution in [-0.2, 0) is 6.11 Å². The van der Waals surface area contributed by atoms with Crippen LogP contribution in [0, 0.1) is 35.2 Å². The molecular weight excluding hydrogens is 435 g/mol. The SMILES string of the molecule is CCC1CCC(C2CCC(c3ccc(C(F)(F)Oc4cc(F)c(F)c(F)c4)cc3)CC2)CC1. The summed E-state index contributed by atoms with van der Waals surface area (Å²) >= 11 is 0. The third-order valence-electron chi connectivity index (χ3n) is 7.83. The first kappa shape index (κ1) is 24.0. The molecule has 0 unspecified atom stereocenters. The zero-order valence-electron chi connectivity index (χ0n) is 18.9. The standard InChI is InChI=1S/C27H31F5O/c1-2-17-3-5-18(6-4-17)19-7-9-20(10-8-19)21-11-13-22(14-12-21)27(31,32)33-23-15-24(28)26(30)25(29)16-23/h11-20H,2-10H2,1H3. The van der Waals surface area contributed by atoms with Crippen molar-refractivity contribution in [1.29, 1.82) is 0 Å². The Morgan fingerprint density at radius 3 is 1.82 bits per heavy atom. The Morgan fingerprint density at radius 2 is 1.30 bits per heavy atom. The first-order valence-electron chi connectivity index (χ1n) is 12.1. The molecule has 2 aromatic rings. The van der Waals surface area contributed by atoms with Crippen molar-refractivity contribution in [3.05, 3.63) is 65.0 Å². The Labute approximate surface area is 192 Å². The minimum Gasteiger partial charge on any atom is -0.429 e. The molecule has 2 aromatic carbocycles. The second-order valence-electron chi connectivity index (χ2n) is 9.74. The van der Waals surface area contributed by atoms with Gasteiger partial charge in [-0.2, -0.15) is 8.78 Å². The zero-order chi connectivity index (χ0) is 23.6. The van der Waals surface area contributed by atoms with E-state index < -0.39 is 34.9 Å². The number of rotatable bonds is 6. The summed E-state index contributed by atoms with van der Waals surface area (Å²) in [6, 6.07) is 6.79. The molecule has 4 rings (SSSR count). The summed E-state index contributed by atoms with van der Waals surface area (Å²) in [7, 11) is 0. The molecule has 2 aliphatic rings. The van der Waals surface area contributed by atoms with Crippen molar-refractivity contribution >= 4 is 0 Å². The smallest absolute Gasteiger partial charge is 0.426 e. The highest BCUT2D eigenvalue weighted by atomic mass is 19.3. The molecule has 0 radical (unpaired) electrons. The normalized spacial score (nSPS) is 26.2. The molecule has 6 heteroatoms. The predicted molar refractivity (Wildman–Crippen MR) is 118 cm³/mol. The fourth-order valence-electron chi connectivity index (χ4n) is 5.74. The molecule has 0 amide bonds. The largest absolute Gasteiger partial charge is 0.429 e. The Bertz CT molecular complexity index is 903. The highest BCUT2D eigenvalue weighted by Gasteiger charge is 2.36. The number of hydrogen-bond donors (Lipinski definition) is 0. The van der Waals surface area contributed by atoms with E-state index in [1.54, 1.807) is 12.1 Å². The summed E-state index contributed by atoms with van der Waals surface area (Å²) in [4.78, 5) is 0. The van der Waals surface area contributed by atoms with Crippen molar-refractivity contribution in [2.75, 3.05) is 0 Å². The van der Waals surface area contributed by atoms with Crippen molar-refractivity contribution in [3.8, 4) is 5.75 Å². The van der Waals surface area contributed by atoms with Crippen molar-refractivity contribution in [1.82, 2.24) is 0 Å². The van der Waals surface area contributed by atoms with E-state index in [4.69, 9.17) is 0 Å². The summed E-state index contributed by atoms with van der Waals surface area (Å²) in [6.45, 7) is 2.28. The van der Waals surface area contributed by atoms with Gasteiger partial charge in [-0.25, -0.2) is 13.2 Å². The summed E-state index contributed by atoms with van der Waals surface area (Å²) in [6.07, 6.45) is 7.41. The minimum atomic E-state index is -3.80. The second kappa shape index (κ2) is 10.0. The molecule has 0 bridgehead atoms. The van der Waals surface area contributed by atoms with Crippen LogP contribution in [0.3, 0.4) is 0 Å².